The molecule has 0 atom stereocenters. The largest absolute Gasteiger partial charge is 0.497 e. The molecule has 4 rings (SSSR count). The molecule has 1 aromatic carbocycles. The first-order valence-corrected chi connectivity index (χ1v) is 9.74. The second kappa shape index (κ2) is 8.05. The molecule has 1 aliphatic rings. The van der Waals surface area contributed by atoms with Gasteiger partial charge >= 0.3 is 0 Å². The van der Waals surface area contributed by atoms with Crippen molar-refractivity contribution in [3.05, 3.63) is 46.2 Å². The topological polar surface area (TPSA) is 97.0 Å². The Kier molecular flexibility index (Phi) is 5.34. The van der Waals surface area contributed by atoms with Crippen LogP contribution in [-0.4, -0.2) is 34.4 Å². The standard InChI is InChI=1S/C19H21BrN6O2/c1-27-13-5-11(6-14(7-13)28-2)9-21-19-22-10-15(20)18(24-19)23-17-8-16(25-26-17)12-3-4-12/h5-8,10,12H,3-4,9H2,1-2H3,(H3,21,22,23,24,25,26). The molecule has 0 aliphatic heterocycles. The third-order valence-electron chi connectivity index (χ3n) is 4.47. The van der Waals surface area contributed by atoms with Gasteiger partial charge in [-0.05, 0) is 46.5 Å². The van der Waals surface area contributed by atoms with Crippen molar-refractivity contribution >= 4 is 33.5 Å². The number of benzene rings is 1. The molecule has 2 heterocycles. The van der Waals surface area contributed by atoms with Gasteiger partial charge in [-0.15, -0.1) is 0 Å². The third kappa shape index (κ3) is 4.36. The smallest absolute Gasteiger partial charge is 0.224 e. The summed E-state index contributed by atoms with van der Waals surface area (Å²) in [7, 11) is 3.26. The van der Waals surface area contributed by atoms with Crippen molar-refractivity contribution in [1.29, 1.82) is 0 Å². The quantitative estimate of drug-likeness (QED) is 0.478. The molecule has 3 N–H and O–H groups in total. The molecule has 0 spiro atoms. The number of rotatable bonds is 8. The maximum absolute atomic E-state index is 5.31. The highest BCUT2D eigenvalue weighted by atomic mass is 79.9. The maximum Gasteiger partial charge on any atom is 0.224 e. The fourth-order valence-electron chi connectivity index (χ4n) is 2.81. The van der Waals surface area contributed by atoms with Crippen LogP contribution < -0.4 is 20.1 Å². The number of nitrogens with zero attached hydrogens (tertiary/aromatic N) is 3. The van der Waals surface area contributed by atoms with E-state index in [1.165, 1.54) is 12.8 Å². The molecule has 1 aliphatic carbocycles. The second-order valence-corrected chi connectivity index (χ2v) is 7.43. The lowest BCUT2D eigenvalue weighted by atomic mass is 10.2. The molecule has 0 unspecified atom stereocenters. The first-order chi connectivity index (χ1) is 13.6. The second-order valence-electron chi connectivity index (χ2n) is 6.57. The van der Waals surface area contributed by atoms with Crippen LogP contribution in [0.3, 0.4) is 0 Å². The van der Waals surface area contributed by atoms with Crippen LogP contribution in [0, 0.1) is 0 Å². The predicted octanol–water partition coefficient (Wildman–Crippen LogP) is 4.21. The first kappa shape index (κ1) is 18.5. The fraction of sp³-hybridized carbons (Fsp3) is 0.316. The van der Waals surface area contributed by atoms with E-state index in [0.717, 1.165) is 33.0 Å². The number of hydrogen-bond acceptors (Lipinski definition) is 7. The number of nitrogens with one attached hydrogen (secondary N) is 3. The number of halogens is 1. The summed E-state index contributed by atoms with van der Waals surface area (Å²) in [6.45, 7) is 0.531. The van der Waals surface area contributed by atoms with Gasteiger partial charge in [-0.1, -0.05) is 0 Å². The van der Waals surface area contributed by atoms with Crippen molar-refractivity contribution in [2.45, 2.75) is 25.3 Å². The van der Waals surface area contributed by atoms with Crippen LogP contribution in [0.25, 0.3) is 0 Å². The van der Waals surface area contributed by atoms with Gasteiger partial charge in [-0.2, -0.15) is 10.1 Å². The van der Waals surface area contributed by atoms with Gasteiger partial charge in [0.05, 0.1) is 18.7 Å². The molecule has 8 nitrogen and oxygen atoms in total. The fourth-order valence-corrected chi connectivity index (χ4v) is 3.11. The van der Waals surface area contributed by atoms with E-state index in [1.807, 2.05) is 24.3 Å². The Labute approximate surface area is 171 Å². The van der Waals surface area contributed by atoms with Crippen molar-refractivity contribution in [2.75, 3.05) is 24.9 Å². The summed E-state index contributed by atoms with van der Waals surface area (Å²) in [5.74, 6) is 3.99. The van der Waals surface area contributed by atoms with Crippen LogP contribution in [0.1, 0.15) is 30.0 Å². The van der Waals surface area contributed by atoms with Gasteiger partial charge in [0.25, 0.3) is 0 Å². The van der Waals surface area contributed by atoms with Crippen molar-refractivity contribution in [1.82, 2.24) is 20.2 Å². The molecule has 0 amide bonds. The molecule has 0 bridgehead atoms. The van der Waals surface area contributed by atoms with Crippen molar-refractivity contribution in [3.8, 4) is 11.5 Å². The molecular formula is C19H21BrN6O2. The summed E-state index contributed by atoms with van der Waals surface area (Å²) in [6.07, 6.45) is 4.15. The molecule has 1 saturated carbocycles. The van der Waals surface area contributed by atoms with Crippen molar-refractivity contribution in [3.63, 3.8) is 0 Å². The van der Waals surface area contributed by atoms with Crippen LogP contribution in [0.15, 0.2) is 34.9 Å². The maximum atomic E-state index is 5.31. The van der Waals surface area contributed by atoms with E-state index in [1.54, 1.807) is 20.4 Å². The van der Waals surface area contributed by atoms with Gasteiger partial charge < -0.3 is 20.1 Å². The molecular weight excluding hydrogens is 424 g/mol. The normalized spacial score (nSPS) is 13.2. The molecule has 2 aromatic heterocycles. The predicted molar refractivity (Wildman–Crippen MR) is 110 cm³/mol. The van der Waals surface area contributed by atoms with Gasteiger partial charge in [0.15, 0.2) is 11.6 Å². The minimum atomic E-state index is 0.505. The lowest BCUT2D eigenvalue weighted by Gasteiger charge is -2.11. The summed E-state index contributed by atoms with van der Waals surface area (Å²) in [5.41, 5.74) is 2.16. The van der Waals surface area contributed by atoms with E-state index >= 15 is 0 Å². The monoisotopic (exact) mass is 444 g/mol. The zero-order valence-corrected chi connectivity index (χ0v) is 17.2. The Morgan fingerprint density at radius 2 is 1.89 bits per heavy atom. The van der Waals surface area contributed by atoms with Gasteiger partial charge in [0.2, 0.25) is 5.95 Å². The number of anilines is 3. The highest BCUT2D eigenvalue weighted by molar-refractivity contribution is 9.10. The molecule has 28 heavy (non-hydrogen) atoms. The Balaban J connectivity index is 1.46. The molecule has 0 radical (unpaired) electrons. The minimum absolute atomic E-state index is 0.505. The number of aromatic amines is 1. The van der Waals surface area contributed by atoms with Crippen LogP contribution >= 0.6 is 15.9 Å². The van der Waals surface area contributed by atoms with Crippen LogP contribution in [-0.2, 0) is 6.54 Å². The zero-order chi connectivity index (χ0) is 19.5. The summed E-state index contributed by atoms with van der Waals surface area (Å²) < 4.78 is 11.4. The van der Waals surface area contributed by atoms with E-state index < -0.39 is 0 Å². The molecule has 0 saturated heterocycles. The van der Waals surface area contributed by atoms with Crippen LogP contribution in [0.5, 0.6) is 11.5 Å². The Hall–Kier alpha value is -2.81. The summed E-state index contributed by atoms with van der Waals surface area (Å²) in [4.78, 5) is 8.87. The molecule has 146 valence electrons. The zero-order valence-electron chi connectivity index (χ0n) is 15.6. The number of aromatic nitrogens is 4. The average Bonchev–Trinajstić information content (AvgIpc) is 3.47. The van der Waals surface area contributed by atoms with E-state index in [4.69, 9.17) is 9.47 Å². The number of methoxy groups -OCH3 is 2. The van der Waals surface area contributed by atoms with Gasteiger partial charge in [0, 0.05) is 36.5 Å². The Morgan fingerprint density at radius 1 is 1.14 bits per heavy atom. The minimum Gasteiger partial charge on any atom is -0.497 e. The number of ether oxygens (including phenoxy) is 2. The summed E-state index contributed by atoms with van der Waals surface area (Å²) in [5, 5.41) is 13.8. The van der Waals surface area contributed by atoms with Gasteiger partial charge in [-0.3, -0.25) is 5.10 Å². The number of hydrogen-bond donors (Lipinski definition) is 3. The van der Waals surface area contributed by atoms with Crippen molar-refractivity contribution in [2.24, 2.45) is 0 Å². The first-order valence-electron chi connectivity index (χ1n) is 8.95. The molecule has 9 heteroatoms. The highest BCUT2D eigenvalue weighted by Gasteiger charge is 2.25. The average molecular weight is 445 g/mol. The lowest BCUT2D eigenvalue weighted by molar-refractivity contribution is 0.393. The molecule has 3 aromatic rings. The summed E-state index contributed by atoms with van der Waals surface area (Å²) in [6, 6.07) is 7.75. The van der Waals surface area contributed by atoms with Crippen LogP contribution in [0.4, 0.5) is 17.6 Å². The van der Waals surface area contributed by atoms with E-state index in [2.05, 4.69) is 46.7 Å². The van der Waals surface area contributed by atoms with Gasteiger partial charge in [-0.25, -0.2) is 4.98 Å². The molecule has 1 fully saturated rings. The number of H-pyrrole nitrogens is 1. The third-order valence-corrected chi connectivity index (χ3v) is 5.05. The van der Waals surface area contributed by atoms with E-state index in [-0.39, 0.29) is 0 Å². The van der Waals surface area contributed by atoms with Crippen molar-refractivity contribution < 1.29 is 9.47 Å². The Bertz CT molecular complexity index is 951. The lowest BCUT2D eigenvalue weighted by Crippen LogP contribution is -2.06. The Morgan fingerprint density at radius 3 is 2.57 bits per heavy atom. The van der Waals surface area contributed by atoms with E-state index in [9.17, 15) is 0 Å². The van der Waals surface area contributed by atoms with E-state index in [0.29, 0.717) is 24.2 Å². The van der Waals surface area contributed by atoms with Crippen LogP contribution in [0.2, 0.25) is 0 Å². The summed E-state index contributed by atoms with van der Waals surface area (Å²) >= 11 is 3.48. The highest BCUT2D eigenvalue weighted by Crippen LogP contribution is 2.39. The SMILES string of the molecule is COc1cc(CNc2ncc(Br)c(Nc3cc(C4CC4)[nH]n3)n2)cc(OC)c1. The van der Waals surface area contributed by atoms with Gasteiger partial charge in [0.1, 0.15) is 11.5 Å².